The topological polar surface area (TPSA) is 98.8 Å². The highest BCUT2D eigenvalue weighted by molar-refractivity contribution is 6.03. The number of amides is 3. The zero-order valence-corrected chi connectivity index (χ0v) is 22.2. The molecule has 0 aliphatic carbocycles. The fraction of sp³-hybridized carbons (Fsp3) is 0.448. The van der Waals surface area contributed by atoms with Crippen molar-refractivity contribution in [2.75, 3.05) is 13.1 Å². The maximum atomic E-state index is 13.7. The Morgan fingerprint density at radius 3 is 2.24 bits per heavy atom. The van der Waals surface area contributed by atoms with Gasteiger partial charge in [0.05, 0.1) is 12.6 Å². The molecule has 2 fully saturated rings. The summed E-state index contributed by atoms with van der Waals surface area (Å²) < 4.78 is 0. The summed E-state index contributed by atoms with van der Waals surface area (Å²) in [6, 6.07) is 14.2. The van der Waals surface area contributed by atoms with E-state index in [4.69, 9.17) is 0 Å². The Morgan fingerprint density at radius 1 is 1.00 bits per heavy atom. The average Bonchev–Trinajstić information content (AvgIpc) is 3.44. The van der Waals surface area contributed by atoms with Gasteiger partial charge < -0.3 is 10.2 Å². The molecule has 4 rings (SSSR count). The fourth-order valence-electron chi connectivity index (χ4n) is 5.00. The Hall–Kier alpha value is -3.52. The molecule has 3 atom stereocenters. The van der Waals surface area contributed by atoms with Crippen molar-refractivity contribution >= 4 is 23.5 Å². The van der Waals surface area contributed by atoms with Gasteiger partial charge in [-0.2, -0.15) is 0 Å². The summed E-state index contributed by atoms with van der Waals surface area (Å²) in [7, 11) is 0. The molecule has 8 nitrogen and oxygen atoms in total. The first-order valence-electron chi connectivity index (χ1n) is 12.8. The van der Waals surface area contributed by atoms with Crippen LogP contribution >= 0.6 is 0 Å². The van der Waals surface area contributed by atoms with Crippen LogP contribution in [0, 0.1) is 5.92 Å². The standard InChI is InChI=1S/C29H36N4O4/c1-18(2)15-22(31-26(35)19-11-13-21(14-12-19)29(3,4)5)28(37)33-25-23(16-30-33)32(17-24(25)34)27(36)20-9-7-6-8-10-20/h6-14,18,22-23,25,30H,15-17H2,1-5H3,(H,31,35)/t22-,23?,25-/m0/s1. The zero-order chi connectivity index (χ0) is 26.9. The lowest BCUT2D eigenvalue weighted by Crippen LogP contribution is -2.55. The maximum Gasteiger partial charge on any atom is 0.260 e. The normalized spacial score (nSPS) is 20.2. The van der Waals surface area contributed by atoms with Crippen LogP contribution in [0.4, 0.5) is 0 Å². The van der Waals surface area contributed by atoms with Crippen molar-refractivity contribution in [2.24, 2.45) is 5.92 Å². The Balaban J connectivity index is 1.50. The quantitative estimate of drug-likeness (QED) is 0.630. The van der Waals surface area contributed by atoms with Crippen molar-refractivity contribution in [3.8, 4) is 0 Å². The number of nitrogens with one attached hydrogen (secondary N) is 2. The van der Waals surface area contributed by atoms with Crippen LogP contribution < -0.4 is 10.7 Å². The molecule has 2 heterocycles. The molecule has 3 amide bonds. The second kappa shape index (κ2) is 10.5. The highest BCUT2D eigenvalue weighted by atomic mass is 16.2. The monoisotopic (exact) mass is 504 g/mol. The largest absolute Gasteiger partial charge is 0.340 e. The number of rotatable bonds is 6. The number of Topliss-reactive ketones (excluding diaryl/α,β-unsaturated/α-hetero) is 1. The molecular weight excluding hydrogens is 468 g/mol. The number of hydrazine groups is 1. The van der Waals surface area contributed by atoms with Gasteiger partial charge in [0, 0.05) is 17.7 Å². The van der Waals surface area contributed by atoms with Gasteiger partial charge in [0.15, 0.2) is 5.78 Å². The van der Waals surface area contributed by atoms with E-state index in [9.17, 15) is 19.2 Å². The highest BCUT2D eigenvalue weighted by Gasteiger charge is 2.52. The van der Waals surface area contributed by atoms with Crippen molar-refractivity contribution in [1.29, 1.82) is 0 Å². The van der Waals surface area contributed by atoms with Crippen LogP contribution in [0.15, 0.2) is 54.6 Å². The molecule has 0 spiro atoms. The van der Waals surface area contributed by atoms with Gasteiger partial charge in [-0.15, -0.1) is 0 Å². The van der Waals surface area contributed by atoms with E-state index in [2.05, 4.69) is 31.5 Å². The number of carbonyl (C=O) groups is 4. The van der Waals surface area contributed by atoms with Crippen LogP contribution in [-0.4, -0.2) is 64.6 Å². The first-order valence-corrected chi connectivity index (χ1v) is 12.8. The van der Waals surface area contributed by atoms with Gasteiger partial charge in [0.1, 0.15) is 12.1 Å². The molecule has 0 aromatic heterocycles. The van der Waals surface area contributed by atoms with Crippen LogP contribution in [0.1, 0.15) is 67.3 Å². The maximum absolute atomic E-state index is 13.7. The molecule has 2 aliphatic rings. The molecule has 0 radical (unpaired) electrons. The summed E-state index contributed by atoms with van der Waals surface area (Å²) >= 11 is 0. The third-order valence-corrected chi connectivity index (χ3v) is 7.01. The number of benzene rings is 2. The van der Waals surface area contributed by atoms with Crippen LogP contribution in [-0.2, 0) is 15.0 Å². The zero-order valence-electron chi connectivity index (χ0n) is 22.2. The van der Waals surface area contributed by atoms with E-state index in [0.29, 0.717) is 17.5 Å². The minimum absolute atomic E-state index is 0.0350. The van der Waals surface area contributed by atoms with Gasteiger partial charge in [-0.1, -0.05) is 65.0 Å². The number of fused-ring (bicyclic) bond motifs is 1. The highest BCUT2D eigenvalue weighted by Crippen LogP contribution is 2.27. The van der Waals surface area contributed by atoms with E-state index in [-0.39, 0.29) is 47.9 Å². The number of hydrogen-bond acceptors (Lipinski definition) is 5. The fourth-order valence-corrected chi connectivity index (χ4v) is 5.00. The Kier molecular flexibility index (Phi) is 7.50. The van der Waals surface area contributed by atoms with Gasteiger partial charge in [-0.3, -0.25) is 24.2 Å². The molecule has 0 saturated carbocycles. The van der Waals surface area contributed by atoms with Crippen molar-refractivity contribution in [3.05, 3.63) is 71.3 Å². The van der Waals surface area contributed by atoms with Gasteiger partial charge in [0.25, 0.3) is 17.7 Å². The molecule has 0 bridgehead atoms. The number of ketones is 1. The van der Waals surface area contributed by atoms with Crippen LogP contribution in [0.5, 0.6) is 0 Å². The molecule has 2 saturated heterocycles. The van der Waals surface area contributed by atoms with Crippen molar-refractivity contribution in [3.63, 3.8) is 0 Å². The third-order valence-electron chi connectivity index (χ3n) is 7.01. The molecule has 1 unspecified atom stereocenters. The van der Waals surface area contributed by atoms with Crippen LogP contribution in [0.3, 0.4) is 0 Å². The van der Waals surface area contributed by atoms with E-state index in [0.717, 1.165) is 5.56 Å². The average molecular weight is 505 g/mol. The summed E-state index contributed by atoms with van der Waals surface area (Å²) in [5.41, 5.74) is 5.08. The van der Waals surface area contributed by atoms with E-state index in [1.807, 2.05) is 32.0 Å². The first-order chi connectivity index (χ1) is 17.5. The second-order valence-electron chi connectivity index (χ2n) is 11.3. The van der Waals surface area contributed by atoms with E-state index >= 15 is 0 Å². The minimum Gasteiger partial charge on any atom is -0.340 e. The predicted octanol–water partition coefficient (Wildman–Crippen LogP) is 2.94. The minimum atomic E-state index is -0.812. The Labute approximate surface area is 218 Å². The third kappa shape index (κ3) is 5.59. The number of hydrogen-bond donors (Lipinski definition) is 2. The lowest BCUT2D eigenvalue weighted by Gasteiger charge is -2.28. The van der Waals surface area contributed by atoms with Gasteiger partial charge >= 0.3 is 0 Å². The molecule has 196 valence electrons. The Morgan fingerprint density at radius 2 is 1.65 bits per heavy atom. The van der Waals surface area contributed by atoms with Gasteiger partial charge in [0.2, 0.25) is 0 Å². The molecule has 8 heteroatoms. The SMILES string of the molecule is CC(C)C[C@H](NC(=O)c1ccc(C(C)(C)C)cc1)C(=O)N1NCC2[C@H]1C(=O)CN2C(=O)c1ccccc1. The first kappa shape index (κ1) is 26.5. The lowest BCUT2D eigenvalue weighted by molar-refractivity contribution is -0.141. The number of carbonyl (C=O) groups excluding carboxylic acids is 4. The molecular formula is C29H36N4O4. The van der Waals surface area contributed by atoms with Gasteiger partial charge in [-0.05, 0) is 47.6 Å². The summed E-state index contributed by atoms with van der Waals surface area (Å²) in [4.78, 5) is 54.4. The predicted molar refractivity (Wildman–Crippen MR) is 141 cm³/mol. The van der Waals surface area contributed by atoms with E-state index in [1.165, 1.54) is 9.91 Å². The van der Waals surface area contributed by atoms with E-state index < -0.39 is 18.1 Å². The summed E-state index contributed by atoms with van der Waals surface area (Å²) in [5, 5.41) is 4.23. The Bertz CT molecular complexity index is 1170. The molecule has 2 N–H and O–H groups in total. The van der Waals surface area contributed by atoms with Crippen molar-refractivity contribution < 1.29 is 19.2 Å². The van der Waals surface area contributed by atoms with Crippen LogP contribution in [0.2, 0.25) is 0 Å². The number of nitrogens with zero attached hydrogens (tertiary/aromatic N) is 2. The van der Waals surface area contributed by atoms with Crippen molar-refractivity contribution in [1.82, 2.24) is 20.7 Å². The smallest absolute Gasteiger partial charge is 0.260 e. The molecule has 37 heavy (non-hydrogen) atoms. The summed E-state index contributed by atoms with van der Waals surface area (Å²) in [6.07, 6.45) is 0.418. The van der Waals surface area contributed by atoms with Crippen LogP contribution in [0.25, 0.3) is 0 Å². The number of likely N-dealkylation sites (tertiary alicyclic amines) is 1. The lowest BCUT2D eigenvalue weighted by atomic mass is 9.86. The van der Waals surface area contributed by atoms with Gasteiger partial charge in [-0.25, -0.2) is 5.43 Å². The summed E-state index contributed by atoms with van der Waals surface area (Å²) in [6.45, 7) is 10.5. The molecule has 2 aromatic carbocycles. The van der Waals surface area contributed by atoms with Crippen molar-refractivity contribution in [2.45, 2.75) is 64.6 Å². The second-order valence-corrected chi connectivity index (χ2v) is 11.3. The molecule has 2 aliphatic heterocycles. The molecule has 2 aromatic rings. The summed E-state index contributed by atoms with van der Waals surface area (Å²) in [5.74, 6) is -1.01. The van der Waals surface area contributed by atoms with E-state index in [1.54, 1.807) is 36.4 Å².